The van der Waals surface area contributed by atoms with E-state index in [9.17, 15) is 0 Å². The van der Waals surface area contributed by atoms with Crippen molar-refractivity contribution in [2.75, 3.05) is 13.7 Å². The molecule has 0 radical (unpaired) electrons. The molecule has 0 saturated heterocycles. The number of nitrogens with one attached hydrogen (secondary N) is 1. The van der Waals surface area contributed by atoms with E-state index in [1.807, 2.05) is 25.2 Å². The van der Waals surface area contributed by atoms with Gasteiger partial charge in [-0.15, -0.1) is 0 Å². The molecular formula is C14H18ClN3O. The minimum atomic E-state index is 0.0000926. The summed E-state index contributed by atoms with van der Waals surface area (Å²) in [5, 5.41) is 8.30. The minimum absolute atomic E-state index is 0.0000926. The van der Waals surface area contributed by atoms with Gasteiger partial charge in [0, 0.05) is 7.05 Å². The predicted molar refractivity (Wildman–Crippen MR) is 76.7 cm³/mol. The quantitative estimate of drug-likeness (QED) is 0.915. The summed E-state index contributed by atoms with van der Waals surface area (Å²) in [4.78, 5) is 0. The number of benzene rings is 1. The second-order valence-corrected chi connectivity index (χ2v) is 4.68. The Morgan fingerprint density at radius 3 is 2.84 bits per heavy atom. The molecule has 1 heterocycles. The monoisotopic (exact) mass is 279 g/mol. The van der Waals surface area contributed by atoms with Gasteiger partial charge in [-0.1, -0.05) is 30.7 Å². The number of ether oxygens (including phenoxy) is 1. The van der Waals surface area contributed by atoms with Crippen LogP contribution in [0.1, 0.15) is 24.2 Å². The van der Waals surface area contributed by atoms with Crippen LogP contribution in [0, 0.1) is 0 Å². The lowest BCUT2D eigenvalue weighted by atomic mass is 10.0. The van der Waals surface area contributed by atoms with Crippen molar-refractivity contribution in [3.05, 3.63) is 46.7 Å². The van der Waals surface area contributed by atoms with E-state index in [1.54, 1.807) is 18.0 Å². The minimum Gasteiger partial charge on any atom is -0.497 e. The summed E-state index contributed by atoms with van der Waals surface area (Å²) in [6, 6.07) is 7.97. The van der Waals surface area contributed by atoms with E-state index in [0.29, 0.717) is 5.02 Å². The molecule has 1 atom stereocenters. The summed E-state index contributed by atoms with van der Waals surface area (Å²) in [5.41, 5.74) is 2.06. The van der Waals surface area contributed by atoms with Crippen LogP contribution >= 0.6 is 11.6 Å². The van der Waals surface area contributed by atoms with Crippen molar-refractivity contribution in [1.82, 2.24) is 15.1 Å². The maximum absolute atomic E-state index is 6.24. The molecule has 19 heavy (non-hydrogen) atoms. The molecule has 102 valence electrons. The fourth-order valence-corrected chi connectivity index (χ4v) is 2.42. The van der Waals surface area contributed by atoms with Crippen LogP contribution in [0.15, 0.2) is 30.5 Å². The van der Waals surface area contributed by atoms with Gasteiger partial charge < -0.3 is 10.1 Å². The Bertz CT molecular complexity index is 534. The van der Waals surface area contributed by atoms with Crippen LogP contribution in [0.25, 0.3) is 0 Å². The molecule has 0 aliphatic carbocycles. The third kappa shape index (κ3) is 2.91. The van der Waals surface area contributed by atoms with E-state index in [-0.39, 0.29) is 6.04 Å². The summed E-state index contributed by atoms with van der Waals surface area (Å²) in [7, 11) is 3.56. The zero-order valence-corrected chi connectivity index (χ0v) is 12.1. The maximum atomic E-state index is 6.24. The van der Waals surface area contributed by atoms with Crippen molar-refractivity contribution in [3.8, 4) is 5.75 Å². The number of hydrogen-bond donors (Lipinski definition) is 1. The van der Waals surface area contributed by atoms with E-state index in [2.05, 4.69) is 23.4 Å². The van der Waals surface area contributed by atoms with Crippen molar-refractivity contribution in [3.63, 3.8) is 0 Å². The molecule has 0 aliphatic rings. The predicted octanol–water partition coefficient (Wildman–Crippen LogP) is 2.78. The van der Waals surface area contributed by atoms with Crippen LogP contribution in [0.4, 0.5) is 0 Å². The van der Waals surface area contributed by atoms with Gasteiger partial charge in [0.2, 0.25) is 0 Å². The first-order valence-corrected chi connectivity index (χ1v) is 6.60. The van der Waals surface area contributed by atoms with Crippen LogP contribution in [0.5, 0.6) is 5.75 Å². The highest BCUT2D eigenvalue weighted by Gasteiger charge is 2.20. The normalized spacial score (nSPS) is 12.4. The third-order valence-corrected chi connectivity index (χ3v) is 3.34. The van der Waals surface area contributed by atoms with Crippen molar-refractivity contribution in [2.45, 2.75) is 13.0 Å². The molecule has 1 unspecified atom stereocenters. The molecule has 1 aromatic heterocycles. The molecular weight excluding hydrogens is 262 g/mol. The number of halogens is 1. The number of methoxy groups -OCH3 is 1. The molecule has 0 bridgehead atoms. The number of nitrogens with zero attached hydrogens (tertiary/aromatic N) is 2. The molecule has 0 spiro atoms. The number of rotatable bonds is 5. The Kier molecular flexibility index (Phi) is 4.45. The van der Waals surface area contributed by atoms with Gasteiger partial charge in [0.1, 0.15) is 5.75 Å². The first-order chi connectivity index (χ1) is 9.17. The van der Waals surface area contributed by atoms with Crippen molar-refractivity contribution in [2.24, 2.45) is 7.05 Å². The lowest BCUT2D eigenvalue weighted by Gasteiger charge is -2.20. The summed E-state index contributed by atoms with van der Waals surface area (Å²) < 4.78 is 7.08. The highest BCUT2D eigenvalue weighted by atomic mass is 35.5. The van der Waals surface area contributed by atoms with Crippen molar-refractivity contribution < 1.29 is 4.74 Å². The van der Waals surface area contributed by atoms with E-state index in [1.165, 1.54) is 0 Å². The number of aryl methyl sites for hydroxylation is 1. The van der Waals surface area contributed by atoms with Crippen LogP contribution in [0.3, 0.4) is 0 Å². The van der Waals surface area contributed by atoms with Gasteiger partial charge in [0.05, 0.1) is 30.1 Å². The smallest absolute Gasteiger partial charge is 0.119 e. The van der Waals surface area contributed by atoms with Crippen LogP contribution in [-0.4, -0.2) is 23.4 Å². The van der Waals surface area contributed by atoms with E-state index in [0.717, 1.165) is 23.6 Å². The maximum Gasteiger partial charge on any atom is 0.119 e. The highest BCUT2D eigenvalue weighted by Crippen LogP contribution is 2.29. The van der Waals surface area contributed by atoms with E-state index in [4.69, 9.17) is 16.3 Å². The first-order valence-electron chi connectivity index (χ1n) is 6.22. The molecule has 0 saturated carbocycles. The van der Waals surface area contributed by atoms with Gasteiger partial charge in [0.25, 0.3) is 0 Å². The molecule has 0 amide bonds. The van der Waals surface area contributed by atoms with E-state index < -0.39 is 0 Å². The number of hydrogen-bond acceptors (Lipinski definition) is 3. The summed E-state index contributed by atoms with van der Waals surface area (Å²) >= 11 is 6.24. The van der Waals surface area contributed by atoms with E-state index >= 15 is 0 Å². The van der Waals surface area contributed by atoms with Crippen LogP contribution in [0.2, 0.25) is 5.02 Å². The Morgan fingerprint density at radius 2 is 2.26 bits per heavy atom. The van der Waals surface area contributed by atoms with Crippen molar-refractivity contribution >= 4 is 11.6 Å². The lowest BCUT2D eigenvalue weighted by Crippen LogP contribution is -2.24. The second kappa shape index (κ2) is 6.08. The fourth-order valence-electron chi connectivity index (χ4n) is 2.14. The van der Waals surface area contributed by atoms with Gasteiger partial charge in [-0.05, 0) is 24.2 Å². The zero-order valence-electron chi connectivity index (χ0n) is 11.4. The van der Waals surface area contributed by atoms with Gasteiger partial charge in [-0.3, -0.25) is 4.68 Å². The molecule has 2 aromatic rings. The van der Waals surface area contributed by atoms with Gasteiger partial charge in [-0.25, -0.2) is 0 Å². The Labute approximate surface area is 118 Å². The zero-order chi connectivity index (χ0) is 13.8. The van der Waals surface area contributed by atoms with Crippen molar-refractivity contribution in [1.29, 1.82) is 0 Å². The second-order valence-electron chi connectivity index (χ2n) is 4.27. The Hall–Kier alpha value is -1.52. The highest BCUT2D eigenvalue weighted by molar-refractivity contribution is 6.31. The molecule has 0 aliphatic heterocycles. The third-order valence-electron chi connectivity index (χ3n) is 3.05. The van der Waals surface area contributed by atoms with Crippen LogP contribution in [-0.2, 0) is 7.05 Å². The topological polar surface area (TPSA) is 39.1 Å². The van der Waals surface area contributed by atoms with Crippen LogP contribution < -0.4 is 10.1 Å². The summed E-state index contributed by atoms with van der Waals surface area (Å²) in [5.74, 6) is 0.832. The van der Waals surface area contributed by atoms with Gasteiger partial charge in [0.15, 0.2) is 0 Å². The molecule has 4 nitrogen and oxygen atoms in total. The standard InChI is InChI=1S/C14H18ClN3O/c1-4-16-13(14-12(15)9-17-18(14)2)10-6-5-7-11(8-10)19-3/h5-9,13,16H,4H2,1-3H3. The molecule has 1 aromatic carbocycles. The average Bonchev–Trinajstić information content (AvgIpc) is 2.76. The SMILES string of the molecule is CCNC(c1cccc(OC)c1)c1c(Cl)cnn1C. The fraction of sp³-hybridized carbons (Fsp3) is 0.357. The Morgan fingerprint density at radius 1 is 1.47 bits per heavy atom. The number of aromatic nitrogens is 2. The summed E-state index contributed by atoms with van der Waals surface area (Å²) in [6.07, 6.45) is 1.67. The molecule has 1 N–H and O–H groups in total. The van der Waals surface area contributed by atoms with Gasteiger partial charge in [-0.2, -0.15) is 5.10 Å². The Balaban J connectivity index is 2.45. The summed E-state index contributed by atoms with van der Waals surface area (Å²) in [6.45, 7) is 2.90. The van der Waals surface area contributed by atoms with Gasteiger partial charge >= 0.3 is 0 Å². The molecule has 0 fully saturated rings. The largest absolute Gasteiger partial charge is 0.497 e. The lowest BCUT2D eigenvalue weighted by molar-refractivity contribution is 0.413. The molecule has 2 rings (SSSR count). The molecule has 5 heteroatoms. The average molecular weight is 280 g/mol. The first kappa shape index (κ1) is 13.9.